The van der Waals surface area contributed by atoms with Gasteiger partial charge in [0.05, 0.1) is 11.7 Å². The maximum atomic E-state index is 13.1. The van der Waals surface area contributed by atoms with Crippen molar-refractivity contribution in [3.05, 3.63) is 11.9 Å². The lowest BCUT2D eigenvalue weighted by atomic mass is 10.3. The summed E-state index contributed by atoms with van der Waals surface area (Å²) in [5, 5.41) is 4.51. The molecule has 0 aromatic carbocycles. The summed E-state index contributed by atoms with van der Waals surface area (Å²) in [6, 6.07) is 0.373. The highest BCUT2D eigenvalue weighted by Gasteiger charge is 2.29. The fraction of sp³-hybridized carbons (Fsp3) is 0.824. The highest BCUT2D eigenvalue weighted by Crippen LogP contribution is 2.31. The van der Waals surface area contributed by atoms with Crippen molar-refractivity contribution in [2.24, 2.45) is 0 Å². The van der Waals surface area contributed by atoms with Crippen molar-refractivity contribution >= 4 is 10.0 Å². The van der Waals surface area contributed by atoms with Crippen LogP contribution in [0.1, 0.15) is 76.9 Å². The molecule has 23 heavy (non-hydrogen) atoms. The average molecular weight is 342 g/mol. The zero-order valence-corrected chi connectivity index (χ0v) is 15.6. The van der Waals surface area contributed by atoms with Crippen molar-refractivity contribution < 1.29 is 8.42 Å². The van der Waals surface area contributed by atoms with Gasteiger partial charge in [-0.05, 0) is 32.6 Å². The molecule has 0 atom stereocenters. The molecule has 0 amide bonds. The van der Waals surface area contributed by atoms with Crippen LogP contribution in [0.4, 0.5) is 0 Å². The SMILES string of the molecule is CCCCN(CCCC)S(=O)(=O)c1cn(C2CCCC2)nc1C. The first-order valence-electron chi connectivity index (χ1n) is 9.06. The average Bonchev–Trinajstić information content (AvgIpc) is 3.16. The summed E-state index contributed by atoms with van der Waals surface area (Å²) in [6.07, 6.45) is 10.2. The monoisotopic (exact) mass is 341 g/mol. The molecule has 0 aliphatic heterocycles. The number of aryl methyl sites for hydroxylation is 1. The van der Waals surface area contributed by atoms with Gasteiger partial charge in [-0.2, -0.15) is 9.40 Å². The normalized spacial score (nSPS) is 16.5. The first-order chi connectivity index (χ1) is 11.0. The summed E-state index contributed by atoms with van der Waals surface area (Å²) in [4.78, 5) is 0.400. The minimum atomic E-state index is -3.43. The van der Waals surface area contributed by atoms with Crippen LogP contribution in [-0.2, 0) is 10.0 Å². The number of aromatic nitrogens is 2. The van der Waals surface area contributed by atoms with E-state index in [1.165, 1.54) is 12.8 Å². The van der Waals surface area contributed by atoms with Crippen molar-refractivity contribution in [2.45, 2.75) is 83.1 Å². The summed E-state index contributed by atoms with van der Waals surface area (Å²) in [7, 11) is -3.43. The van der Waals surface area contributed by atoms with E-state index in [9.17, 15) is 8.42 Å². The Kier molecular flexibility index (Phi) is 6.65. The Bertz CT molecular complexity index is 581. The van der Waals surface area contributed by atoms with Crippen molar-refractivity contribution in [2.75, 3.05) is 13.1 Å². The maximum Gasteiger partial charge on any atom is 0.246 e. The van der Waals surface area contributed by atoms with Gasteiger partial charge < -0.3 is 0 Å². The van der Waals surface area contributed by atoms with Gasteiger partial charge >= 0.3 is 0 Å². The van der Waals surface area contributed by atoms with Crippen LogP contribution < -0.4 is 0 Å². The lowest BCUT2D eigenvalue weighted by molar-refractivity contribution is 0.395. The Balaban J connectivity index is 2.24. The van der Waals surface area contributed by atoms with Crippen LogP contribution in [0.5, 0.6) is 0 Å². The summed E-state index contributed by atoms with van der Waals surface area (Å²) < 4.78 is 29.7. The molecule has 0 spiro atoms. The van der Waals surface area contributed by atoms with Crippen molar-refractivity contribution in [3.8, 4) is 0 Å². The molecule has 0 bridgehead atoms. The Morgan fingerprint density at radius 2 is 1.74 bits per heavy atom. The molecule has 0 radical (unpaired) electrons. The number of hydrogen-bond acceptors (Lipinski definition) is 3. The first-order valence-corrected chi connectivity index (χ1v) is 10.5. The van der Waals surface area contributed by atoms with Crippen LogP contribution in [0.3, 0.4) is 0 Å². The van der Waals surface area contributed by atoms with E-state index in [0.717, 1.165) is 38.5 Å². The van der Waals surface area contributed by atoms with Gasteiger partial charge in [0.15, 0.2) is 0 Å². The molecule has 0 saturated heterocycles. The molecule has 1 aromatic rings. The van der Waals surface area contributed by atoms with E-state index < -0.39 is 10.0 Å². The van der Waals surface area contributed by atoms with Gasteiger partial charge in [0.25, 0.3) is 0 Å². The van der Waals surface area contributed by atoms with Crippen LogP contribution >= 0.6 is 0 Å². The molecule has 1 aromatic heterocycles. The number of rotatable bonds is 9. The van der Waals surface area contributed by atoms with Crippen molar-refractivity contribution in [1.82, 2.24) is 14.1 Å². The van der Waals surface area contributed by atoms with Gasteiger partial charge in [0, 0.05) is 19.3 Å². The molecule has 132 valence electrons. The number of sulfonamides is 1. The Hall–Kier alpha value is -0.880. The predicted octanol–water partition coefficient (Wildman–Crippen LogP) is 3.90. The van der Waals surface area contributed by atoms with Crippen LogP contribution in [0.15, 0.2) is 11.1 Å². The summed E-state index contributed by atoms with van der Waals surface area (Å²) >= 11 is 0. The lowest BCUT2D eigenvalue weighted by Crippen LogP contribution is -2.33. The second kappa shape index (κ2) is 8.29. The van der Waals surface area contributed by atoms with E-state index in [-0.39, 0.29) is 0 Å². The molecule has 1 saturated carbocycles. The summed E-state index contributed by atoms with van der Waals surface area (Å²) in [5.74, 6) is 0. The highest BCUT2D eigenvalue weighted by atomic mass is 32.2. The van der Waals surface area contributed by atoms with E-state index in [1.807, 2.05) is 11.6 Å². The topological polar surface area (TPSA) is 55.2 Å². The molecule has 1 heterocycles. The van der Waals surface area contributed by atoms with Gasteiger partial charge in [-0.15, -0.1) is 0 Å². The molecule has 1 aliphatic rings. The van der Waals surface area contributed by atoms with Crippen LogP contribution in [0.2, 0.25) is 0 Å². The molecule has 2 rings (SSSR count). The number of hydrogen-bond donors (Lipinski definition) is 0. The molecule has 0 unspecified atom stereocenters. The third kappa shape index (κ3) is 4.35. The van der Waals surface area contributed by atoms with Gasteiger partial charge in [-0.25, -0.2) is 8.42 Å². The molecular formula is C17H31N3O2S. The summed E-state index contributed by atoms with van der Waals surface area (Å²) in [5.41, 5.74) is 0.634. The molecule has 0 N–H and O–H groups in total. The highest BCUT2D eigenvalue weighted by molar-refractivity contribution is 7.89. The van der Waals surface area contributed by atoms with Crippen LogP contribution in [0.25, 0.3) is 0 Å². The second-order valence-electron chi connectivity index (χ2n) is 6.61. The Labute approximate surface area is 141 Å². The third-order valence-electron chi connectivity index (χ3n) is 4.71. The minimum Gasteiger partial charge on any atom is -0.268 e. The molecule has 5 nitrogen and oxygen atoms in total. The van der Waals surface area contributed by atoms with Gasteiger partial charge in [-0.1, -0.05) is 39.5 Å². The van der Waals surface area contributed by atoms with E-state index in [0.29, 0.717) is 29.7 Å². The maximum absolute atomic E-state index is 13.1. The van der Waals surface area contributed by atoms with E-state index in [2.05, 4.69) is 18.9 Å². The van der Waals surface area contributed by atoms with Crippen LogP contribution in [-0.4, -0.2) is 35.6 Å². The Morgan fingerprint density at radius 3 is 2.26 bits per heavy atom. The second-order valence-corrected chi connectivity index (χ2v) is 8.51. The molecule has 6 heteroatoms. The smallest absolute Gasteiger partial charge is 0.246 e. The lowest BCUT2D eigenvalue weighted by Gasteiger charge is -2.21. The largest absolute Gasteiger partial charge is 0.268 e. The third-order valence-corrected chi connectivity index (χ3v) is 6.71. The molecular weight excluding hydrogens is 310 g/mol. The fourth-order valence-electron chi connectivity index (χ4n) is 3.23. The van der Waals surface area contributed by atoms with Gasteiger partial charge in [0.2, 0.25) is 10.0 Å². The zero-order valence-electron chi connectivity index (χ0n) is 14.8. The van der Waals surface area contributed by atoms with E-state index in [4.69, 9.17) is 0 Å². The van der Waals surface area contributed by atoms with Crippen molar-refractivity contribution in [3.63, 3.8) is 0 Å². The Morgan fingerprint density at radius 1 is 1.17 bits per heavy atom. The fourth-order valence-corrected chi connectivity index (χ4v) is 4.91. The minimum absolute atomic E-state index is 0.373. The van der Waals surface area contributed by atoms with E-state index >= 15 is 0 Å². The van der Waals surface area contributed by atoms with Crippen molar-refractivity contribution in [1.29, 1.82) is 0 Å². The number of nitrogens with zero attached hydrogens (tertiary/aromatic N) is 3. The zero-order chi connectivity index (χ0) is 16.9. The number of unbranched alkanes of at least 4 members (excludes halogenated alkanes) is 2. The quantitative estimate of drug-likeness (QED) is 0.684. The molecule has 1 aliphatic carbocycles. The predicted molar refractivity (Wildman–Crippen MR) is 93.0 cm³/mol. The van der Waals surface area contributed by atoms with Gasteiger partial charge in [-0.3, -0.25) is 4.68 Å². The first kappa shape index (κ1) is 18.5. The van der Waals surface area contributed by atoms with Crippen LogP contribution in [0, 0.1) is 6.92 Å². The van der Waals surface area contributed by atoms with Gasteiger partial charge in [0.1, 0.15) is 4.90 Å². The molecule has 1 fully saturated rings. The standard InChI is InChI=1S/C17H31N3O2S/c1-4-6-12-19(13-7-5-2)23(21,22)17-14-20(18-15(17)3)16-10-8-9-11-16/h14,16H,4-13H2,1-3H3. The van der Waals surface area contributed by atoms with E-state index in [1.54, 1.807) is 10.5 Å². The summed E-state index contributed by atoms with van der Waals surface area (Å²) in [6.45, 7) is 7.21.